The Bertz CT molecular complexity index is 327. The molecule has 1 aliphatic rings. The minimum absolute atomic E-state index is 0.243. The van der Waals surface area contributed by atoms with E-state index < -0.39 is 0 Å². The van der Waals surface area contributed by atoms with E-state index in [1.165, 1.54) is 0 Å². The highest BCUT2D eigenvalue weighted by molar-refractivity contribution is 4.99. The molecule has 0 saturated carbocycles. The van der Waals surface area contributed by atoms with E-state index in [1.54, 1.807) is 0 Å². The van der Waals surface area contributed by atoms with Crippen molar-refractivity contribution in [2.45, 2.75) is 45.3 Å². The Morgan fingerprint density at radius 3 is 3.06 bits per heavy atom. The van der Waals surface area contributed by atoms with Crippen LogP contribution in [0.15, 0.2) is 4.52 Å². The van der Waals surface area contributed by atoms with Crippen LogP contribution in [0, 0.1) is 0 Å². The Labute approximate surface area is 95.6 Å². The molecule has 16 heavy (non-hydrogen) atoms. The van der Waals surface area contributed by atoms with Gasteiger partial charge in [-0.05, 0) is 19.4 Å². The van der Waals surface area contributed by atoms with Gasteiger partial charge in [-0.2, -0.15) is 4.98 Å². The van der Waals surface area contributed by atoms with Crippen LogP contribution in [-0.4, -0.2) is 29.4 Å². The summed E-state index contributed by atoms with van der Waals surface area (Å²) in [5.74, 6) is 1.75. The summed E-state index contributed by atoms with van der Waals surface area (Å²) in [6.07, 6.45) is 2.23. The predicted octanol–water partition coefficient (Wildman–Crippen LogP) is 1.46. The summed E-state index contributed by atoms with van der Waals surface area (Å²) in [5, 5.41) is 7.14. The molecule has 0 spiro atoms. The van der Waals surface area contributed by atoms with Gasteiger partial charge in [0.1, 0.15) is 0 Å². The second-order valence-electron chi connectivity index (χ2n) is 4.04. The number of rotatable bonds is 5. The van der Waals surface area contributed by atoms with Crippen molar-refractivity contribution in [1.82, 2.24) is 15.5 Å². The smallest absolute Gasteiger partial charge is 0.232 e. The zero-order chi connectivity index (χ0) is 11.4. The quantitative estimate of drug-likeness (QED) is 0.822. The number of nitrogens with zero attached hydrogens (tertiary/aromatic N) is 2. The first-order valence-corrected chi connectivity index (χ1v) is 6.00. The second kappa shape index (κ2) is 5.41. The van der Waals surface area contributed by atoms with Crippen molar-refractivity contribution in [3.63, 3.8) is 0 Å². The molecule has 0 amide bonds. The molecule has 0 aliphatic carbocycles. The number of aromatic nitrogens is 2. The van der Waals surface area contributed by atoms with Gasteiger partial charge in [0.15, 0.2) is 5.82 Å². The monoisotopic (exact) mass is 225 g/mol. The van der Waals surface area contributed by atoms with Crippen LogP contribution in [0.25, 0.3) is 0 Å². The normalized spacial score (nSPS) is 25.1. The molecule has 1 aromatic heterocycles. The van der Waals surface area contributed by atoms with Gasteiger partial charge < -0.3 is 14.6 Å². The fraction of sp³-hybridized carbons (Fsp3) is 0.818. The van der Waals surface area contributed by atoms with Crippen LogP contribution in [-0.2, 0) is 11.3 Å². The Kier molecular flexibility index (Phi) is 3.90. The predicted molar refractivity (Wildman–Crippen MR) is 59.1 cm³/mol. The second-order valence-corrected chi connectivity index (χ2v) is 4.04. The van der Waals surface area contributed by atoms with E-state index in [0.717, 1.165) is 37.7 Å². The molecule has 2 atom stereocenters. The lowest BCUT2D eigenvalue weighted by molar-refractivity contribution is 0.0953. The van der Waals surface area contributed by atoms with Crippen molar-refractivity contribution in [3.8, 4) is 0 Å². The number of nitrogens with one attached hydrogen (secondary N) is 1. The molecule has 1 saturated heterocycles. The summed E-state index contributed by atoms with van der Waals surface area (Å²) in [7, 11) is 0. The van der Waals surface area contributed by atoms with E-state index in [4.69, 9.17) is 9.26 Å². The lowest BCUT2D eigenvalue weighted by atomic mass is 10.00. The molecule has 2 unspecified atom stereocenters. The Morgan fingerprint density at radius 2 is 2.31 bits per heavy atom. The SMILES string of the molecule is CCNCc1noc(C2CCOC2CC)n1. The van der Waals surface area contributed by atoms with E-state index >= 15 is 0 Å². The van der Waals surface area contributed by atoms with Crippen molar-refractivity contribution < 1.29 is 9.26 Å². The molecule has 2 rings (SSSR count). The van der Waals surface area contributed by atoms with Gasteiger partial charge >= 0.3 is 0 Å². The fourth-order valence-electron chi connectivity index (χ4n) is 2.06. The zero-order valence-corrected chi connectivity index (χ0v) is 9.90. The maximum absolute atomic E-state index is 5.62. The van der Waals surface area contributed by atoms with E-state index in [2.05, 4.69) is 29.3 Å². The van der Waals surface area contributed by atoms with Gasteiger partial charge in [-0.25, -0.2) is 0 Å². The number of ether oxygens (including phenoxy) is 1. The van der Waals surface area contributed by atoms with Crippen LogP contribution < -0.4 is 5.32 Å². The molecular weight excluding hydrogens is 206 g/mol. The third kappa shape index (κ3) is 2.41. The molecular formula is C11H19N3O2. The molecule has 0 radical (unpaired) electrons. The highest BCUT2D eigenvalue weighted by Crippen LogP contribution is 2.31. The summed E-state index contributed by atoms with van der Waals surface area (Å²) in [6, 6.07) is 0. The van der Waals surface area contributed by atoms with Crippen LogP contribution in [0.3, 0.4) is 0 Å². The van der Waals surface area contributed by atoms with E-state index in [1.807, 2.05) is 0 Å². The molecule has 1 N–H and O–H groups in total. The maximum Gasteiger partial charge on any atom is 0.232 e. The molecule has 1 aromatic rings. The van der Waals surface area contributed by atoms with Crippen molar-refractivity contribution >= 4 is 0 Å². The van der Waals surface area contributed by atoms with Crippen molar-refractivity contribution in [3.05, 3.63) is 11.7 Å². The molecule has 5 nitrogen and oxygen atoms in total. The van der Waals surface area contributed by atoms with Gasteiger partial charge in [0, 0.05) is 6.61 Å². The van der Waals surface area contributed by atoms with Gasteiger partial charge in [-0.1, -0.05) is 19.0 Å². The minimum atomic E-state index is 0.243. The molecule has 2 heterocycles. The maximum atomic E-state index is 5.62. The van der Waals surface area contributed by atoms with Crippen LogP contribution >= 0.6 is 0 Å². The Balaban J connectivity index is 2.00. The zero-order valence-electron chi connectivity index (χ0n) is 9.90. The summed E-state index contributed by atoms with van der Waals surface area (Å²) in [5.41, 5.74) is 0. The first kappa shape index (κ1) is 11.5. The standard InChI is InChI=1S/C11H19N3O2/c1-3-9-8(5-6-15-9)11-13-10(14-16-11)7-12-4-2/h8-9,12H,3-7H2,1-2H3. The average Bonchev–Trinajstić information content (AvgIpc) is 2.94. The van der Waals surface area contributed by atoms with Crippen molar-refractivity contribution in [1.29, 1.82) is 0 Å². The van der Waals surface area contributed by atoms with Gasteiger partial charge in [0.25, 0.3) is 0 Å². The molecule has 5 heteroatoms. The van der Waals surface area contributed by atoms with Crippen molar-refractivity contribution in [2.75, 3.05) is 13.2 Å². The third-order valence-electron chi connectivity index (χ3n) is 2.95. The lowest BCUT2D eigenvalue weighted by Crippen LogP contribution is -2.14. The van der Waals surface area contributed by atoms with Gasteiger partial charge in [-0.15, -0.1) is 0 Å². The molecule has 90 valence electrons. The van der Waals surface area contributed by atoms with E-state index in [0.29, 0.717) is 6.54 Å². The van der Waals surface area contributed by atoms with Crippen LogP contribution in [0.5, 0.6) is 0 Å². The van der Waals surface area contributed by atoms with Crippen LogP contribution in [0.1, 0.15) is 44.3 Å². The topological polar surface area (TPSA) is 60.2 Å². The van der Waals surface area contributed by atoms with Crippen LogP contribution in [0.2, 0.25) is 0 Å². The highest BCUT2D eigenvalue weighted by atomic mass is 16.5. The van der Waals surface area contributed by atoms with Gasteiger partial charge in [0.05, 0.1) is 18.6 Å². The van der Waals surface area contributed by atoms with Gasteiger partial charge in [-0.3, -0.25) is 0 Å². The first-order chi connectivity index (χ1) is 7.85. The highest BCUT2D eigenvalue weighted by Gasteiger charge is 2.32. The molecule has 1 aliphatic heterocycles. The Morgan fingerprint density at radius 1 is 1.44 bits per heavy atom. The Hall–Kier alpha value is -0.940. The molecule has 0 aromatic carbocycles. The third-order valence-corrected chi connectivity index (χ3v) is 2.95. The van der Waals surface area contributed by atoms with Crippen LogP contribution in [0.4, 0.5) is 0 Å². The van der Waals surface area contributed by atoms with Crippen molar-refractivity contribution in [2.24, 2.45) is 0 Å². The number of hydrogen-bond donors (Lipinski definition) is 1. The molecule has 0 bridgehead atoms. The summed E-state index contributed by atoms with van der Waals surface area (Å²) in [4.78, 5) is 4.41. The largest absolute Gasteiger partial charge is 0.377 e. The average molecular weight is 225 g/mol. The number of hydrogen-bond acceptors (Lipinski definition) is 5. The fourth-order valence-corrected chi connectivity index (χ4v) is 2.06. The molecule has 1 fully saturated rings. The summed E-state index contributed by atoms with van der Waals surface area (Å²) >= 11 is 0. The van der Waals surface area contributed by atoms with E-state index in [9.17, 15) is 0 Å². The summed E-state index contributed by atoms with van der Waals surface area (Å²) in [6.45, 7) is 6.56. The summed E-state index contributed by atoms with van der Waals surface area (Å²) < 4.78 is 10.9. The first-order valence-electron chi connectivity index (χ1n) is 6.00. The van der Waals surface area contributed by atoms with E-state index in [-0.39, 0.29) is 12.0 Å². The lowest BCUT2D eigenvalue weighted by Gasteiger charge is -2.11. The van der Waals surface area contributed by atoms with Gasteiger partial charge in [0.2, 0.25) is 5.89 Å². The minimum Gasteiger partial charge on any atom is -0.377 e.